The maximum atomic E-state index is 12.9. The number of carbonyl (C=O) groups excluding carboxylic acids is 1. The SMILES string of the molecule is COCC1CCCN(C(C)C(=O)c2ccc(F)cc2)C1. The van der Waals surface area contributed by atoms with Gasteiger partial charge in [-0.05, 0) is 56.5 Å². The second-order valence-corrected chi connectivity index (χ2v) is 5.51. The first kappa shape index (κ1) is 15.1. The van der Waals surface area contributed by atoms with Crippen LogP contribution in [0.3, 0.4) is 0 Å². The third kappa shape index (κ3) is 3.64. The van der Waals surface area contributed by atoms with Gasteiger partial charge in [0.2, 0.25) is 0 Å². The lowest BCUT2D eigenvalue weighted by Gasteiger charge is -2.35. The molecule has 0 saturated carbocycles. The molecule has 20 heavy (non-hydrogen) atoms. The summed E-state index contributed by atoms with van der Waals surface area (Å²) >= 11 is 0. The fraction of sp³-hybridized carbons (Fsp3) is 0.562. The second kappa shape index (κ2) is 6.95. The largest absolute Gasteiger partial charge is 0.384 e. The van der Waals surface area contributed by atoms with E-state index in [1.54, 1.807) is 19.2 Å². The lowest BCUT2D eigenvalue weighted by molar-refractivity contribution is 0.0595. The summed E-state index contributed by atoms with van der Waals surface area (Å²) in [4.78, 5) is 14.6. The van der Waals surface area contributed by atoms with E-state index in [0.29, 0.717) is 11.5 Å². The lowest BCUT2D eigenvalue weighted by Crippen LogP contribution is -2.46. The molecule has 1 aliphatic rings. The number of piperidine rings is 1. The van der Waals surface area contributed by atoms with E-state index in [-0.39, 0.29) is 17.6 Å². The van der Waals surface area contributed by atoms with E-state index in [0.717, 1.165) is 32.5 Å². The Labute approximate surface area is 119 Å². The van der Waals surface area contributed by atoms with Gasteiger partial charge in [-0.2, -0.15) is 0 Å². The van der Waals surface area contributed by atoms with Crippen molar-refractivity contribution in [3.8, 4) is 0 Å². The van der Waals surface area contributed by atoms with Gasteiger partial charge in [-0.15, -0.1) is 0 Å². The number of rotatable bonds is 5. The van der Waals surface area contributed by atoms with Crippen LogP contribution in [-0.4, -0.2) is 43.5 Å². The summed E-state index contributed by atoms with van der Waals surface area (Å²) in [7, 11) is 1.71. The van der Waals surface area contributed by atoms with Crippen molar-refractivity contribution in [3.05, 3.63) is 35.6 Å². The average Bonchev–Trinajstić information content (AvgIpc) is 2.47. The number of Topliss-reactive ketones (excluding diaryl/α,β-unsaturated/α-hetero) is 1. The smallest absolute Gasteiger partial charge is 0.179 e. The van der Waals surface area contributed by atoms with Crippen LogP contribution in [0.15, 0.2) is 24.3 Å². The molecular formula is C16H22FNO2. The number of methoxy groups -OCH3 is 1. The Hall–Kier alpha value is -1.26. The second-order valence-electron chi connectivity index (χ2n) is 5.51. The molecule has 1 aliphatic heterocycles. The standard InChI is InChI=1S/C16H22FNO2/c1-12(16(19)14-5-7-15(17)8-6-14)18-9-3-4-13(10-18)11-20-2/h5-8,12-13H,3-4,9-11H2,1-2H3. The van der Waals surface area contributed by atoms with Gasteiger partial charge >= 0.3 is 0 Å². The minimum atomic E-state index is -0.313. The van der Waals surface area contributed by atoms with Gasteiger partial charge in [0.15, 0.2) is 5.78 Å². The summed E-state index contributed by atoms with van der Waals surface area (Å²) in [6.45, 7) is 4.51. The third-order valence-electron chi connectivity index (χ3n) is 4.01. The fourth-order valence-corrected chi connectivity index (χ4v) is 2.84. The molecule has 1 aromatic carbocycles. The fourth-order valence-electron chi connectivity index (χ4n) is 2.84. The van der Waals surface area contributed by atoms with Crippen molar-refractivity contribution < 1.29 is 13.9 Å². The van der Waals surface area contributed by atoms with Gasteiger partial charge in [-0.1, -0.05) is 0 Å². The van der Waals surface area contributed by atoms with Crippen LogP contribution in [0.1, 0.15) is 30.1 Å². The average molecular weight is 279 g/mol. The van der Waals surface area contributed by atoms with E-state index in [2.05, 4.69) is 4.90 Å². The van der Waals surface area contributed by atoms with E-state index in [9.17, 15) is 9.18 Å². The molecule has 0 radical (unpaired) electrons. The molecule has 0 N–H and O–H groups in total. The van der Waals surface area contributed by atoms with Crippen molar-refractivity contribution in [1.82, 2.24) is 4.90 Å². The molecule has 0 aromatic heterocycles. The predicted molar refractivity (Wildman–Crippen MR) is 76.4 cm³/mol. The van der Waals surface area contributed by atoms with E-state index < -0.39 is 0 Å². The van der Waals surface area contributed by atoms with Crippen molar-refractivity contribution >= 4 is 5.78 Å². The topological polar surface area (TPSA) is 29.5 Å². The third-order valence-corrected chi connectivity index (χ3v) is 4.01. The van der Waals surface area contributed by atoms with Gasteiger partial charge in [0.05, 0.1) is 12.6 Å². The molecule has 0 spiro atoms. The summed E-state index contributed by atoms with van der Waals surface area (Å²) in [6.07, 6.45) is 2.25. The van der Waals surface area contributed by atoms with Crippen molar-refractivity contribution in [2.75, 3.05) is 26.8 Å². The van der Waals surface area contributed by atoms with Crippen LogP contribution in [-0.2, 0) is 4.74 Å². The summed E-state index contributed by atoms with van der Waals surface area (Å²) < 4.78 is 18.1. The Kier molecular flexibility index (Phi) is 5.26. The molecule has 0 aliphatic carbocycles. The Morgan fingerprint density at radius 2 is 2.15 bits per heavy atom. The molecule has 2 unspecified atom stereocenters. The summed E-state index contributed by atoms with van der Waals surface area (Å²) in [5.74, 6) is 0.243. The quantitative estimate of drug-likeness (QED) is 0.776. The highest BCUT2D eigenvalue weighted by Gasteiger charge is 2.27. The molecule has 2 atom stereocenters. The molecule has 1 saturated heterocycles. The minimum absolute atomic E-state index is 0.0584. The molecule has 3 nitrogen and oxygen atoms in total. The normalized spacial score (nSPS) is 21.6. The predicted octanol–water partition coefficient (Wildman–Crippen LogP) is 2.76. The van der Waals surface area contributed by atoms with Crippen LogP contribution in [0, 0.1) is 11.7 Å². The molecule has 4 heteroatoms. The van der Waals surface area contributed by atoms with Gasteiger partial charge in [0.25, 0.3) is 0 Å². The number of carbonyl (C=O) groups is 1. The first-order chi connectivity index (χ1) is 9.61. The zero-order valence-electron chi connectivity index (χ0n) is 12.1. The number of hydrogen-bond donors (Lipinski definition) is 0. The summed E-state index contributed by atoms with van der Waals surface area (Å²) in [5.41, 5.74) is 0.577. The van der Waals surface area contributed by atoms with Crippen molar-refractivity contribution in [1.29, 1.82) is 0 Å². The zero-order chi connectivity index (χ0) is 14.5. The van der Waals surface area contributed by atoms with Crippen molar-refractivity contribution in [3.63, 3.8) is 0 Å². The molecule has 2 rings (SSSR count). The Balaban J connectivity index is 2.00. The van der Waals surface area contributed by atoms with Gasteiger partial charge in [0.1, 0.15) is 5.82 Å². The molecule has 1 fully saturated rings. The van der Waals surface area contributed by atoms with Gasteiger partial charge in [-0.3, -0.25) is 9.69 Å². The lowest BCUT2D eigenvalue weighted by atomic mass is 9.95. The van der Waals surface area contributed by atoms with Gasteiger partial charge in [-0.25, -0.2) is 4.39 Å². The Morgan fingerprint density at radius 1 is 1.45 bits per heavy atom. The number of benzene rings is 1. The highest BCUT2D eigenvalue weighted by Crippen LogP contribution is 2.20. The van der Waals surface area contributed by atoms with Crippen LogP contribution < -0.4 is 0 Å². The number of likely N-dealkylation sites (tertiary alicyclic amines) is 1. The molecule has 1 aromatic rings. The highest BCUT2D eigenvalue weighted by atomic mass is 19.1. The van der Waals surface area contributed by atoms with E-state index >= 15 is 0 Å². The molecule has 0 amide bonds. The van der Waals surface area contributed by atoms with E-state index in [1.807, 2.05) is 6.92 Å². The van der Waals surface area contributed by atoms with Crippen LogP contribution >= 0.6 is 0 Å². The van der Waals surface area contributed by atoms with Crippen molar-refractivity contribution in [2.24, 2.45) is 5.92 Å². The Bertz CT molecular complexity index is 444. The van der Waals surface area contributed by atoms with Gasteiger partial charge in [0, 0.05) is 19.2 Å². The van der Waals surface area contributed by atoms with Gasteiger partial charge < -0.3 is 4.74 Å². The first-order valence-electron chi connectivity index (χ1n) is 7.14. The van der Waals surface area contributed by atoms with E-state index in [4.69, 9.17) is 4.74 Å². The zero-order valence-corrected chi connectivity index (χ0v) is 12.1. The summed E-state index contributed by atoms with van der Waals surface area (Å²) in [5, 5.41) is 0. The molecule has 1 heterocycles. The van der Waals surface area contributed by atoms with Crippen LogP contribution in [0.5, 0.6) is 0 Å². The molecule has 0 bridgehead atoms. The van der Waals surface area contributed by atoms with Crippen molar-refractivity contribution in [2.45, 2.75) is 25.8 Å². The first-order valence-corrected chi connectivity index (χ1v) is 7.14. The molecule has 110 valence electrons. The van der Waals surface area contributed by atoms with Crippen LogP contribution in [0.2, 0.25) is 0 Å². The maximum Gasteiger partial charge on any atom is 0.179 e. The number of ether oxygens (including phenoxy) is 1. The number of ketones is 1. The number of hydrogen-bond acceptors (Lipinski definition) is 3. The highest BCUT2D eigenvalue weighted by molar-refractivity contribution is 5.99. The minimum Gasteiger partial charge on any atom is -0.384 e. The maximum absolute atomic E-state index is 12.9. The monoisotopic (exact) mass is 279 g/mol. The number of nitrogens with zero attached hydrogens (tertiary/aromatic N) is 1. The summed E-state index contributed by atoms with van der Waals surface area (Å²) in [6, 6.07) is 5.63. The van der Waals surface area contributed by atoms with Crippen LogP contribution in [0.4, 0.5) is 4.39 Å². The van der Waals surface area contributed by atoms with Crippen LogP contribution in [0.25, 0.3) is 0 Å². The molecular weight excluding hydrogens is 257 g/mol. The van der Waals surface area contributed by atoms with E-state index in [1.165, 1.54) is 12.1 Å². The Morgan fingerprint density at radius 3 is 2.80 bits per heavy atom. The number of halogens is 1.